The van der Waals surface area contributed by atoms with Gasteiger partial charge in [0.15, 0.2) is 0 Å². The molecule has 1 N–H and O–H groups in total. The molecule has 0 radical (unpaired) electrons. The molecule has 0 bridgehead atoms. The summed E-state index contributed by atoms with van der Waals surface area (Å²) in [5.41, 5.74) is 0. The summed E-state index contributed by atoms with van der Waals surface area (Å²) >= 11 is 0. The van der Waals surface area contributed by atoms with E-state index in [9.17, 15) is 4.79 Å². The Labute approximate surface area is 129 Å². The number of urea groups is 1. The van der Waals surface area contributed by atoms with Crippen LogP contribution in [-0.4, -0.2) is 54.1 Å². The summed E-state index contributed by atoms with van der Waals surface area (Å²) in [5, 5.41) is 3.15. The van der Waals surface area contributed by atoms with Gasteiger partial charge in [-0.3, -0.25) is 0 Å². The highest BCUT2D eigenvalue weighted by molar-refractivity contribution is 5.74. The molecule has 2 saturated heterocycles. The van der Waals surface area contributed by atoms with Crippen molar-refractivity contribution in [3.05, 3.63) is 12.7 Å². The Balaban J connectivity index is 1.81. The second kappa shape index (κ2) is 8.42. The third kappa shape index (κ3) is 4.73. The van der Waals surface area contributed by atoms with Crippen molar-refractivity contribution in [3.8, 4) is 0 Å². The number of amides is 2. The zero-order chi connectivity index (χ0) is 15.1. The van der Waals surface area contributed by atoms with Gasteiger partial charge in [0.05, 0.1) is 0 Å². The van der Waals surface area contributed by atoms with E-state index >= 15 is 0 Å². The maximum absolute atomic E-state index is 12.4. The molecule has 0 aliphatic carbocycles. The van der Waals surface area contributed by atoms with E-state index in [1.54, 1.807) is 0 Å². The predicted octanol–water partition coefficient (Wildman–Crippen LogP) is 3.00. The van der Waals surface area contributed by atoms with Crippen molar-refractivity contribution in [2.75, 3.05) is 26.2 Å². The number of nitrogens with one attached hydrogen (secondary N) is 1. The van der Waals surface area contributed by atoms with Gasteiger partial charge in [-0.15, -0.1) is 6.58 Å². The molecule has 0 aromatic rings. The summed E-state index contributed by atoms with van der Waals surface area (Å²) in [5.74, 6) is 0. The Morgan fingerprint density at radius 3 is 2.67 bits per heavy atom. The van der Waals surface area contributed by atoms with Crippen molar-refractivity contribution in [1.29, 1.82) is 0 Å². The van der Waals surface area contributed by atoms with Crippen molar-refractivity contribution in [2.24, 2.45) is 0 Å². The molecule has 120 valence electrons. The number of hydrogen-bond acceptors (Lipinski definition) is 2. The summed E-state index contributed by atoms with van der Waals surface area (Å²) < 4.78 is 0. The minimum atomic E-state index is 0.116. The molecule has 2 aliphatic heterocycles. The number of nitrogens with zero attached hydrogens (tertiary/aromatic N) is 2. The van der Waals surface area contributed by atoms with Gasteiger partial charge in [0.1, 0.15) is 0 Å². The lowest BCUT2D eigenvalue weighted by molar-refractivity contribution is 0.190. The third-order valence-corrected chi connectivity index (χ3v) is 4.91. The number of likely N-dealkylation sites (tertiary alicyclic amines) is 2. The number of rotatable bonds is 5. The topological polar surface area (TPSA) is 35.6 Å². The van der Waals surface area contributed by atoms with E-state index < -0.39 is 0 Å². The quantitative estimate of drug-likeness (QED) is 0.791. The Kier molecular flexibility index (Phi) is 6.55. The fourth-order valence-electron chi connectivity index (χ4n) is 3.55. The predicted molar refractivity (Wildman–Crippen MR) is 87.4 cm³/mol. The van der Waals surface area contributed by atoms with Crippen molar-refractivity contribution >= 4 is 6.03 Å². The largest absolute Gasteiger partial charge is 0.335 e. The molecule has 2 rings (SSSR count). The van der Waals surface area contributed by atoms with Gasteiger partial charge in [-0.1, -0.05) is 13.0 Å². The Hall–Kier alpha value is -1.03. The Morgan fingerprint density at radius 1 is 1.24 bits per heavy atom. The SMILES string of the molecule is C=CC[C@H](CC)NC(=O)N1CCC[C@H](N2CCCC2)CC1. The molecule has 21 heavy (non-hydrogen) atoms. The first kappa shape index (κ1) is 16.3. The summed E-state index contributed by atoms with van der Waals surface area (Å²) in [6.45, 7) is 10.2. The molecule has 2 atom stereocenters. The van der Waals surface area contributed by atoms with Crippen LogP contribution in [0.15, 0.2) is 12.7 Å². The molecule has 2 amide bonds. The smallest absolute Gasteiger partial charge is 0.317 e. The highest BCUT2D eigenvalue weighted by atomic mass is 16.2. The fraction of sp³-hybridized carbons (Fsp3) is 0.824. The molecule has 2 fully saturated rings. The van der Waals surface area contributed by atoms with Gasteiger partial charge in [-0.05, 0) is 58.0 Å². The fourth-order valence-corrected chi connectivity index (χ4v) is 3.55. The van der Waals surface area contributed by atoms with Crippen LogP contribution in [-0.2, 0) is 0 Å². The van der Waals surface area contributed by atoms with Gasteiger partial charge < -0.3 is 15.1 Å². The van der Waals surface area contributed by atoms with E-state index in [2.05, 4.69) is 23.7 Å². The highest BCUT2D eigenvalue weighted by Gasteiger charge is 2.26. The average molecular weight is 293 g/mol. The lowest BCUT2D eigenvalue weighted by Crippen LogP contribution is -2.45. The van der Waals surface area contributed by atoms with Crippen LogP contribution >= 0.6 is 0 Å². The van der Waals surface area contributed by atoms with Gasteiger partial charge in [-0.2, -0.15) is 0 Å². The second-order valence-electron chi connectivity index (χ2n) is 6.39. The van der Waals surface area contributed by atoms with Gasteiger partial charge in [-0.25, -0.2) is 4.79 Å². The summed E-state index contributed by atoms with van der Waals surface area (Å²) in [7, 11) is 0. The van der Waals surface area contributed by atoms with Gasteiger partial charge in [0.2, 0.25) is 0 Å². The maximum atomic E-state index is 12.4. The van der Waals surface area contributed by atoms with Crippen LogP contribution in [0.5, 0.6) is 0 Å². The molecule has 0 aromatic heterocycles. The molecular weight excluding hydrogens is 262 g/mol. The van der Waals surface area contributed by atoms with E-state index in [-0.39, 0.29) is 12.1 Å². The normalized spacial score (nSPS) is 25.4. The molecule has 0 spiro atoms. The maximum Gasteiger partial charge on any atom is 0.317 e. The van der Waals surface area contributed by atoms with E-state index in [4.69, 9.17) is 0 Å². The van der Waals surface area contributed by atoms with Crippen LogP contribution in [0.1, 0.15) is 51.9 Å². The van der Waals surface area contributed by atoms with Crippen LogP contribution in [0.3, 0.4) is 0 Å². The molecule has 0 saturated carbocycles. The zero-order valence-electron chi connectivity index (χ0n) is 13.5. The summed E-state index contributed by atoms with van der Waals surface area (Å²) in [6.07, 6.45) is 9.90. The molecular formula is C17H31N3O. The standard InChI is InChI=1S/C17H31N3O/c1-3-8-15(4-2)18-17(21)20-13-7-9-16(10-14-20)19-11-5-6-12-19/h3,15-16H,1,4-14H2,2H3,(H,18,21)/t15-,16-/m0/s1. The molecule has 2 aliphatic rings. The van der Waals surface area contributed by atoms with Crippen LogP contribution in [0.25, 0.3) is 0 Å². The van der Waals surface area contributed by atoms with Gasteiger partial charge in [0, 0.05) is 25.2 Å². The summed E-state index contributed by atoms with van der Waals surface area (Å²) in [4.78, 5) is 17.0. The molecule has 4 heteroatoms. The van der Waals surface area contributed by atoms with Crippen LogP contribution in [0, 0.1) is 0 Å². The monoisotopic (exact) mass is 293 g/mol. The van der Waals surface area contributed by atoms with Gasteiger partial charge >= 0.3 is 6.03 Å². The van der Waals surface area contributed by atoms with Gasteiger partial charge in [0.25, 0.3) is 0 Å². The number of hydrogen-bond donors (Lipinski definition) is 1. The van der Waals surface area contributed by atoms with Crippen LogP contribution in [0.4, 0.5) is 4.79 Å². The lowest BCUT2D eigenvalue weighted by atomic mass is 10.1. The first-order chi connectivity index (χ1) is 10.2. The van der Waals surface area contributed by atoms with Crippen molar-refractivity contribution in [2.45, 2.75) is 64.0 Å². The van der Waals surface area contributed by atoms with Crippen molar-refractivity contribution in [1.82, 2.24) is 15.1 Å². The first-order valence-electron chi connectivity index (χ1n) is 8.65. The Morgan fingerprint density at radius 2 is 2.00 bits per heavy atom. The number of carbonyl (C=O) groups excluding carboxylic acids is 1. The highest BCUT2D eigenvalue weighted by Crippen LogP contribution is 2.21. The van der Waals surface area contributed by atoms with E-state index in [0.29, 0.717) is 6.04 Å². The first-order valence-corrected chi connectivity index (χ1v) is 8.65. The molecule has 0 unspecified atom stereocenters. The lowest BCUT2D eigenvalue weighted by Gasteiger charge is -2.27. The second-order valence-corrected chi connectivity index (χ2v) is 6.39. The number of carbonyl (C=O) groups is 1. The van der Waals surface area contributed by atoms with E-state index in [1.807, 2.05) is 11.0 Å². The van der Waals surface area contributed by atoms with Crippen molar-refractivity contribution in [3.63, 3.8) is 0 Å². The zero-order valence-corrected chi connectivity index (χ0v) is 13.5. The van der Waals surface area contributed by atoms with E-state index in [1.165, 1.54) is 32.4 Å². The minimum absolute atomic E-state index is 0.116. The molecule has 4 nitrogen and oxygen atoms in total. The van der Waals surface area contributed by atoms with Crippen LogP contribution < -0.4 is 5.32 Å². The van der Waals surface area contributed by atoms with E-state index in [0.717, 1.165) is 38.8 Å². The average Bonchev–Trinajstić information content (AvgIpc) is 2.91. The molecule has 0 aromatic carbocycles. The van der Waals surface area contributed by atoms with Crippen LogP contribution in [0.2, 0.25) is 0 Å². The molecule has 2 heterocycles. The summed E-state index contributed by atoms with van der Waals surface area (Å²) in [6, 6.07) is 1.04. The minimum Gasteiger partial charge on any atom is -0.335 e. The Bertz CT molecular complexity index is 339. The van der Waals surface area contributed by atoms with Crippen molar-refractivity contribution < 1.29 is 4.79 Å². The third-order valence-electron chi connectivity index (χ3n) is 4.91.